The largest absolute Gasteiger partial charge is 0.245 e. The Bertz CT molecular complexity index is 697. The molecular weight excluding hydrogens is 262 g/mol. The molecule has 0 aliphatic rings. The molecule has 0 atom stereocenters. The van der Waals surface area contributed by atoms with Gasteiger partial charge in [-0.25, -0.2) is 23.4 Å². The molecule has 0 unspecified atom stereocenters. The lowest BCUT2D eigenvalue weighted by molar-refractivity contribution is 0.598. The summed E-state index contributed by atoms with van der Waals surface area (Å²) in [6.45, 7) is 4.06. The summed E-state index contributed by atoms with van der Waals surface area (Å²) < 4.78 is 23.1. The van der Waals surface area contributed by atoms with Crippen molar-refractivity contribution in [2.45, 2.75) is 24.8 Å². The van der Waals surface area contributed by atoms with E-state index in [0.717, 1.165) is 23.1 Å². The van der Waals surface area contributed by atoms with Crippen molar-refractivity contribution >= 4 is 9.84 Å². The quantitative estimate of drug-likeness (QED) is 0.858. The Morgan fingerprint density at radius 1 is 1.21 bits per heavy atom. The maximum absolute atomic E-state index is 11.5. The molecule has 0 bridgehead atoms. The first-order valence-corrected chi connectivity index (χ1v) is 7.75. The summed E-state index contributed by atoms with van der Waals surface area (Å²) in [6.07, 6.45) is 5.83. The molecule has 0 saturated carbocycles. The normalized spacial score (nSPS) is 11.8. The smallest absolute Gasteiger partial charge is 0.192 e. The van der Waals surface area contributed by atoms with Crippen molar-refractivity contribution in [3.63, 3.8) is 0 Å². The zero-order valence-corrected chi connectivity index (χ0v) is 11.8. The summed E-state index contributed by atoms with van der Waals surface area (Å²) in [4.78, 5) is 12.2. The molecule has 2 aromatic heterocycles. The SMILES string of the molecule is CC(C)c1ncncc1-c1ccnc(S(C)(=O)=O)c1. The molecule has 0 radical (unpaired) electrons. The molecule has 2 heterocycles. The van der Waals surface area contributed by atoms with Crippen LogP contribution in [0, 0.1) is 0 Å². The topological polar surface area (TPSA) is 72.8 Å². The standard InChI is InChI=1S/C13H15N3O2S/c1-9(2)13-11(7-14-8-16-13)10-4-5-15-12(6-10)19(3,17)18/h4-9H,1-3H3. The van der Waals surface area contributed by atoms with Crippen LogP contribution in [-0.2, 0) is 9.84 Å². The fourth-order valence-electron chi connectivity index (χ4n) is 1.80. The Labute approximate surface area is 112 Å². The molecule has 0 N–H and O–H groups in total. The number of aromatic nitrogens is 3. The molecule has 2 aromatic rings. The number of nitrogens with zero attached hydrogens (tertiary/aromatic N) is 3. The van der Waals surface area contributed by atoms with Gasteiger partial charge in [-0.1, -0.05) is 13.8 Å². The molecule has 19 heavy (non-hydrogen) atoms. The zero-order valence-electron chi connectivity index (χ0n) is 11.0. The predicted molar refractivity (Wildman–Crippen MR) is 72.5 cm³/mol. The maximum atomic E-state index is 11.5. The van der Waals surface area contributed by atoms with Gasteiger partial charge in [-0.05, 0) is 23.6 Å². The second-order valence-corrected chi connectivity index (χ2v) is 6.59. The van der Waals surface area contributed by atoms with Gasteiger partial charge in [0.2, 0.25) is 0 Å². The highest BCUT2D eigenvalue weighted by atomic mass is 32.2. The summed E-state index contributed by atoms with van der Waals surface area (Å²) >= 11 is 0. The lowest BCUT2D eigenvalue weighted by atomic mass is 10.0. The molecule has 0 saturated heterocycles. The van der Waals surface area contributed by atoms with Crippen LogP contribution >= 0.6 is 0 Å². The molecule has 0 spiro atoms. The van der Waals surface area contributed by atoms with Crippen molar-refractivity contribution in [3.8, 4) is 11.1 Å². The highest BCUT2D eigenvalue weighted by Crippen LogP contribution is 2.27. The van der Waals surface area contributed by atoms with Crippen molar-refractivity contribution in [1.82, 2.24) is 15.0 Å². The third-order valence-electron chi connectivity index (χ3n) is 2.72. The first-order valence-electron chi connectivity index (χ1n) is 5.86. The first-order chi connectivity index (χ1) is 8.89. The van der Waals surface area contributed by atoms with Gasteiger partial charge in [0.25, 0.3) is 0 Å². The van der Waals surface area contributed by atoms with E-state index in [4.69, 9.17) is 0 Å². The number of hydrogen-bond donors (Lipinski definition) is 0. The van der Waals surface area contributed by atoms with Crippen LogP contribution in [0.15, 0.2) is 35.9 Å². The number of sulfone groups is 1. The Balaban J connectivity index is 2.60. The van der Waals surface area contributed by atoms with Gasteiger partial charge in [0, 0.05) is 24.2 Å². The fraction of sp³-hybridized carbons (Fsp3) is 0.308. The van der Waals surface area contributed by atoms with E-state index in [1.165, 1.54) is 12.5 Å². The molecular formula is C13H15N3O2S. The first kappa shape index (κ1) is 13.6. The van der Waals surface area contributed by atoms with Crippen molar-refractivity contribution in [2.24, 2.45) is 0 Å². The predicted octanol–water partition coefficient (Wildman–Crippen LogP) is 2.07. The van der Waals surface area contributed by atoms with E-state index in [-0.39, 0.29) is 10.9 Å². The van der Waals surface area contributed by atoms with Crippen LogP contribution < -0.4 is 0 Å². The van der Waals surface area contributed by atoms with E-state index in [1.807, 2.05) is 13.8 Å². The van der Waals surface area contributed by atoms with Crippen LogP contribution in [0.5, 0.6) is 0 Å². The van der Waals surface area contributed by atoms with Gasteiger partial charge in [-0.2, -0.15) is 0 Å². The lowest BCUT2D eigenvalue weighted by Crippen LogP contribution is -2.02. The van der Waals surface area contributed by atoms with Crippen LogP contribution in [0.4, 0.5) is 0 Å². The Morgan fingerprint density at radius 3 is 2.58 bits per heavy atom. The minimum absolute atomic E-state index is 0.0589. The van der Waals surface area contributed by atoms with Gasteiger partial charge in [-0.3, -0.25) is 0 Å². The minimum Gasteiger partial charge on any atom is -0.245 e. The second-order valence-electron chi connectivity index (χ2n) is 4.63. The van der Waals surface area contributed by atoms with E-state index in [1.54, 1.807) is 18.3 Å². The maximum Gasteiger partial charge on any atom is 0.192 e. The molecule has 0 aliphatic carbocycles. The third kappa shape index (κ3) is 2.96. The summed E-state index contributed by atoms with van der Waals surface area (Å²) in [5.74, 6) is 0.229. The van der Waals surface area contributed by atoms with Crippen molar-refractivity contribution in [3.05, 3.63) is 36.5 Å². The highest BCUT2D eigenvalue weighted by molar-refractivity contribution is 7.90. The monoisotopic (exact) mass is 277 g/mol. The van der Waals surface area contributed by atoms with Gasteiger partial charge in [0.1, 0.15) is 6.33 Å². The summed E-state index contributed by atoms with van der Waals surface area (Å²) in [7, 11) is -3.32. The zero-order chi connectivity index (χ0) is 14.0. The van der Waals surface area contributed by atoms with Crippen LogP contribution in [0.2, 0.25) is 0 Å². The summed E-state index contributed by atoms with van der Waals surface area (Å²) in [5.41, 5.74) is 2.49. The molecule has 0 aliphatic heterocycles. The summed E-state index contributed by atoms with van der Waals surface area (Å²) in [6, 6.07) is 3.32. The van der Waals surface area contributed by atoms with Gasteiger partial charge >= 0.3 is 0 Å². The van der Waals surface area contributed by atoms with Gasteiger partial charge in [-0.15, -0.1) is 0 Å². The molecule has 5 nitrogen and oxygen atoms in total. The number of hydrogen-bond acceptors (Lipinski definition) is 5. The molecule has 100 valence electrons. The van der Waals surface area contributed by atoms with E-state index < -0.39 is 9.84 Å². The third-order valence-corrected chi connectivity index (χ3v) is 3.70. The van der Waals surface area contributed by atoms with Crippen LogP contribution in [0.25, 0.3) is 11.1 Å². The van der Waals surface area contributed by atoms with Crippen LogP contribution in [0.3, 0.4) is 0 Å². The van der Waals surface area contributed by atoms with Crippen molar-refractivity contribution < 1.29 is 8.42 Å². The Morgan fingerprint density at radius 2 is 1.95 bits per heavy atom. The van der Waals surface area contributed by atoms with Gasteiger partial charge in [0.15, 0.2) is 14.9 Å². The van der Waals surface area contributed by atoms with Gasteiger partial charge < -0.3 is 0 Å². The lowest BCUT2D eigenvalue weighted by Gasteiger charge is -2.11. The Kier molecular flexibility index (Phi) is 3.61. The Hall–Kier alpha value is -1.82. The number of rotatable bonds is 3. The number of pyridine rings is 1. The van der Waals surface area contributed by atoms with Crippen molar-refractivity contribution in [1.29, 1.82) is 0 Å². The van der Waals surface area contributed by atoms with E-state index >= 15 is 0 Å². The molecule has 0 amide bonds. The molecule has 0 fully saturated rings. The average Bonchev–Trinajstić information content (AvgIpc) is 2.38. The second kappa shape index (κ2) is 5.05. The van der Waals surface area contributed by atoms with E-state index in [9.17, 15) is 8.42 Å². The van der Waals surface area contributed by atoms with Crippen molar-refractivity contribution in [2.75, 3.05) is 6.26 Å². The van der Waals surface area contributed by atoms with Gasteiger partial charge in [0.05, 0.1) is 5.69 Å². The van der Waals surface area contributed by atoms with Crippen LogP contribution in [-0.4, -0.2) is 29.6 Å². The fourth-order valence-corrected chi connectivity index (χ4v) is 2.39. The van der Waals surface area contributed by atoms with Crippen LogP contribution in [0.1, 0.15) is 25.5 Å². The van der Waals surface area contributed by atoms with E-state index in [2.05, 4.69) is 15.0 Å². The average molecular weight is 277 g/mol. The minimum atomic E-state index is -3.32. The van der Waals surface area contributed by atoms with E-state index in [0.29, 0.717) is 0 Å². The summed E-state index contributed by atoms with van der Waals surface area (Å²) in [5, 5.41) is 0.0589. The molecule has 0 aromatic carbocycles. The molecule has 2 rings (SSSR count). The highest BCUT2D eigenvalue weighted by Gasteiger charge is 2.14. The molecule has 6 heteroatoms.